The molecule has 0 amide bonds. The molecule has 2 aromatic heterocycles. The van der Waals surface area contributed by atoms with Crippen molar-refractivity contribution in [2.24, 2.45) is 7.05 Å². The molecular weight excluding hydrogens is 290 g/mol. The Balaban J connectivity index is 0.00000161. The van der Waals surface area contributed by atoms with Gasteiger partial charge in [0.15, 0.2) is 0 Å². The summed E-state index contributed by atoms with van der Waals surface area (Å²) in [6, 6.07) is 0.473. The predicted octanol–water partition coefficient (Wildman–Crippen LogP) is 1.46. The number of methoxy groups -OCH3 is 1. The number of nitrogens with zero attached hydrogens (tertiary/aromatic N) is 4. The van der Waals surface area contributed by atoms with Gasteiger partial charge in [0.2, 0.25) is 5.88 Å². The monoisotopic (exact) mass is 311 g/mol. The molecule has 21 heavy (non-hydrogen) atoms. The number of halogens is 1. The second-order valence-corrected chi connectivity index (χ2v) is 5.31. The zero-order chi connectivity index (χ0) is 14.1. The fourth-order valence-electron chi connectivity index (χ4n) is 2.92. The Morgan fingerprint density at radius 2 is 2.29 bits per heavy atom. The minimum atomic E-state index is 0. The number of aryl methyl sites for hydroxylation is 3. The number of ether oxygens (including phenoxy) is 1. The van der Waals surface area contributed by atoms with Crippen molar-refractivity contribution in [2.75, 3.05) is 7.11 Å². The van der Waals surface area contributed by atoms with Crippen molar-refractivity contribution in [2.45, 2.75) is 38.9 Å². The van der Waals surface area contributed by atoms with Gasteiger partial charge in [0.1, 0.15) is 5.82 Å². The molecule has 2 aromatic rings. The van der Waals surface area contributed by atoms with Gasteiger partial charge in [-0.1, -0.05) is 0 Å². The van der Waals surface area contributed by atoms with E-state index < -0.39 is 0 Å². The molecule has 0 saturated carbocycles. The molecule has 1 aliphatic heterocycles. The van der Waals surface area contributed by atoms with Crippen molar-refractivity contribution in [1.29, 1.82) is 0 Å². The molecule has 6 nitrogen and oxygen atoms in total. The molecule has 0 fully saturated rings. The second kappa shape index (κ2) is 6.49. The first-order valence-electron chi connectivity index (χ1n) is 6.99. The molecule has 1 aliphatic rings. The first-order valence-corrected chi connectivity index (χ1v) is 6.99. The number of fused-ring (bicyclic) bond motifs is 1. The lowest BCUT2D eigenvalue weighted by molar-refractivity contribution is 0.356. The summed E-state index contributed by atoms with van der Waals surface area (Å²) in [5.74, 6) is 2.03. The van der Waals surface area contributed by atoms with Crippen LogP contribution in [0.1, 0.15) is 23.5 Å². The summed E-state index contributed by atoms with van der Waals surface area (Å²) in [7, 11) is 3.60. The second-order valence-electron chi connectivity index (χ2n) is 5.31. The Morgan fingerprint density at radius 1 is 1.48 bits per heavy atom. The van der Waals surface area contributed by atoms with Crippen LogP contribution in [0.25, 0.3) is 0 Å². The summed E-state index contributed by atoms with van der Waals surface area (Å²) < 4.78 is 9.45. The number of aromatic nitrogens is 4. The quantitative estimate of drug-likeness (QED) is 0.929. The lowest BCUT2D eigenvalue weighted by Gasteiger charge is -2.24. The van der Waals surface area contributed by atoms with Gasteiger partial charge in [0, 0.05) is 45.0 Å². The van der Waals surface area contributed by atoms with E-state index in [9.17, 15) is 0 Å². The van der Waals surface area contributed by atoms with Crippen LogP contribution < -0.4 is 10.1 Å². The minimum absolute atomic E-state index is 0. The third kappa shape index (κ3) is 3.06. The van der Waals surface area contributed by atoms with Gasteiger partial charge < -0.3 is 14.6 Å². The van der Waals surface area contributed by atoms with E-state index >= 15 is 0 Å². The molecule has 7 heteroatoms. The predicted molar refractivity (Wildman–Crippen MR) is 82.9 cm³/mol. The zero-order valence-electron chi connectivity index (χ0n) is 12.7. The molecule has 0 bridgehead atoms. The van der Waals surface area contributed by atoms with E-state index in [1.807, 2.05) is 20.2 Å². The molecular formula is C14H22ClN5O. The van der Waals surface area contributed by atoms with Gasteiger partial charge in [0.25, 0.3) is 0 Å². The average Bonchev–Trinajstić information content (AvgIpc) is 2.99. The van der Waals surface area contributed by atoms with Crippen LogP contribution in [0, 0.1) is 6.92 Å². The van der Waals surface area contributed by atoms with Crippen LogP contribution in [0.5, 0.6) is 5.88 Å². The van der Waals surface area contributed by atoms with E-state index in [0.29, 0.717) is 6.04 Å². The van der Waals surface area contributed by atoms with Crippen LogP contribution >= 0.6 is 12.4 Å². The Morgan fingerprint density at radius 3 is 3.05 bits per heavy atom. The highest BCUT2D eigenvalue weighted by molar-refractivity contribution is 5.85. The van der Waals surface area contributed by atoms with Gasteiger partial charge in [-0.05, 0) is 13.3 Å². The molecule has 3 rings (SSSR count). The van der Waals surface area contributed by atoms with Crippen molar-refractivity contribution in [3.8, 4) is 5.88 Å². The lowest BCUT2D eigenvalue weighted by Crippen LogP contribution is -2.37. The standard InChI is InChI=1S/C14H21N5O.ClH/c1-10-12(14(20-3)18(2)17-10)8-16-11-4-5-13-15-6-7-19(13)9-11;/h6-7,11,16H,4-5,8-9H2,1-3H3;1H. The summed E-state index contributed by atoms with van der Waals surface area (Å²) in [6.07, 6.45) is 6.09. The fraction of sp³-hybridized carbons (Fsp3) is 0.571. The Bertz CT molecular complexity index is 607. The van der Waals surface area contributed by atoms with E-state index in [-0.39, 0.29) is 12.4 Å². The SMILES string of the molecule is COc1c(CNC2CCc3nccn3C2)c(C)nn1C.Cl. The van der Waals surface area contributed by atoms with E-state index in [0.717, 1.165) is 43.1 Å². The van der Waals surface area contributed by atoms with Crippen molar-refractivity contribution in [1.82, 2.24) is 24.6 Å². The number of hydrogen-bond donors (Lipinski definition) is 1. The molecule has 1 unspecified atom stereocenters. The molecule has 1 N–H and O–H groups in total. The third-order valence-corrected chi connectivity index (χ3v) is 3.98. The Hall–Kier alpha value is -1.53. The van der Waals surface area contributed by atoms with Crippen molar-refractivity contribution < 1.29 is 4.74 Å². The van der Waals surface area contributed by atoms with E-state index in [4.69, 9.17) is 4.74 Å². The summed E-state index contributed by atoms with van der Waals surface area (Å²) in [4.78, 5) is 4.36. The van der Waals surface area contributed by atoms with Gasteiger partial charge in [-0.3, -0.25) is 0 Å². The van der Waals surface area contributed by atoms with Crippen LogP contribution in [0.15, 0.2) is 12.4 Å². The number of hydrogen-bond acceptors (Lipinski definition) is 4. The summed E-state index contributed by atoms with van der Waals surface area (Å²) >= 11 is 0. The molecule has 116 valence electrons. The summed E-state index contributed by atoms with van der Waals surface area (Å²) in [5.41, 5.74) is 2.17. The Kier molecular flexibility index (Phi) is 4.90. The number of imidazole rings is 1. The maximum Gasteiger partial charge on any atom is 0.216 e. The number of nitrogens with one attached hydrogen (secondary N) is 1. The summed E-state index contributed by atoms with van der Waals surface area (Å²) in [5, 5.41) is 8.03. The molecule has 0 spiro atoms. The zero-order valence-corrected chi connectivity index (χ0v) is 13.5. The Labute approximate surface area is 130 Å². The smallest absolute Gasteiger partial charge is 0.216 e. The van der Waals surface area contributed by atoms with Gasteiger partial charge in [-0.15, -0.1) is 12.4 Å². The molecule has 0 aliphatic carbocycles. The van der Waals surface area contributed by atoms with Gasteiger partial charge in [-0.25, -0.2) is 9.67 Å². The van der Waals surface area contributed by atoms with Gasteiger partial charge in [0.05, 0.1) is 18.4 Å². The first-order chi connectivity index (χ1) is 9.69. The lowest BCUT2D eigenvalue weighted by atomic mass is 10.1. The van der Waals surface area contributed by atoms with Gasteiger partial charge in [-0.2, -0.15) is 5.10 Å². The number of rotatable bonds is 4. The van der Waals surface area contributed by atoms with E-state index in [2.05, 4.69) is 26.2 Å². The topological polar surface area (TPSA) is 56.9 Å². The van der Waals surface area contributed by atoms with Crippen molar-refractivity contribution >= 4 is 12.4 Å². The van der Waals surface area contributed by atoms with Gasteiger partial charge >= 0.3 is 0 Å². The van der Waals surface area contributed by atoms with Crippen molar-refractivity contribution in [3.05, 3.63) is 29.5 Å². The third-order valence-electron chi connectivity index (χ3n) is 3.98. The largest absolute Gasteiger partial charge is 0.481 e. The van der Waals surface area contributed by atoms with Crippen LogP contribution in [0.3, 0.4) is 0 Å². The highest BCUT2D eigenvalue weighted by Crippen LogP contribution is 2.21. The van der Waals surface area contributed by atoms with Crippen molar-refractivity contribution in [3.63, 3.8) is 0 Å². The van der Waals surface area contributed by atoms with Crippen LogP contribution in [-0.4, -0.2) is 32.5 Å². The fourth-order valence-corrected chi connectivity index (χ4v) is 2.92. The molecule has 0 saturated heterocycles. The van der Waals surface area contributed by atoms with Crippen LogP contribution in [0.4, 0.5) is 0 Å². The van der Waals surface area contributed by atoms with Crippen LogP contribution in [0.2, 0.25) is 0 Å². The maximum absolute atomic E-state index is 5.43. The maximum atomic E-state index is 5.43. The summed E-state index contributed by atoms with van der Waals surface area (Å²) in [6.45, 7) is 3.79. The van der Waals surface area contributed by atoms with E-state index in [1.165, 1.54) is 5.82 Å². The highest BCUT2D eigenvalue weighted by Gasteiger charge is 2.20. The highest BCUT2D eigenvalue weighted by atomic mass is 35.5. The van der Waals surface area contributed by atoms with E-state index in [1.54, 1.807) is 11.8 Å². The molecule has 0 radical (unpaired) electrons. The normalized spacial score (nSPS) is 17.2. The molecule has 0 aromatic carbocycles. The van der Waals surface area contributed by atoms with Crippen LogP contribution in [-0.2, 0) is 26.6 Å². The molecule has 3 heterocycles. The minimum Gasteiger partial charge on any atom is -0.481 e. The average molecular weight is 312 g/mol. The molecule has 1 atom stereocenters. The first kappa shape index (κ1) is 15.9.